The molecule has 0 atom stereocenters. The van der Waals surface area contributed by atoms with Crippen LogP contribution >= 0.6 is 0 Å². The lowest BCUT2D eigenvalue weighted by Gasteiger charge is -2.24. The van der Waals surface area contributed by atoms with Crippen molar-refractivity contribution in [2.45, 2.75) is 39.2 Å². The predicted molar refractivity (Wildman–Crippen MR) is 138 cm³/mol. The van der Waals surface area contributed by atoms with Gasteiger partial charge in [0.1, 0.15) is 0 Å². The zero-order chi connectivity index (χ0) is 25.1. The van der Waals surface area contributed by atoms with Gasteiger partial charge in [0.15, 0.2) is 11.6 Å². The first-order valence-corrected chi connectivity index (χ1v) is 12.4. The van der Waals surface area contributed by atoms with E-state index < -0.39 is 5.82 Å². The zero-order valence-corrected chi connectivity index (χ0v) is 20.6. The Kier molecular flexibility index (Phi) is 6.85. The summed E-state index contributed by atoms with van der Waals surface area (Å²) >= 11 is 0. The lowest BCUT2D eigenvalue weighted by molar-refractivity contribution is 0.0733. The number of aromatic nitrogens is 2. The van der Waals surface area contributed by atoms with Crippen molar-refractivity contribution in [1.29, 1.82) is 0 Å². The Bertz CT molecular complexity index is 1330. The van der Waals surface area contributed by atoms with Crippen molar-refractivity contribution < 1.29 is 13.9 Å². The molecular formula is C30H30FN3O2. The van der Waals surface area contributed by atoms with Crippen molar-refractivity contribution in [3.05, 3.63) is 108 Å². The van der Waals surface area contributed by atoms with Gasteiger partial charge in [-0.3, -0.25) is 4.79 Å². The molecule has 1 heterocycles. The SMILES string of the molecule is CC(C)c1nn(-c2ccccc2)c(Oc2ccccc2F)c1CN(CC1CC1)C(=O)c1ccccc1. The molecule has 6 heteroatoms. The highest BCUT2D eigenvalue weighted by Gasteiger charge is 2.31. The lowest BCUT2D eigenvalue weighted by Crippen LogP contribution is -2.33. The quantitative estimate of drug-likeness (QED) is 0.258. The summed E-state index contributed by atoms with van der Waals surface area (Å²) in [6.45, 7) is 5.13. The van der Waals surface area contributed by atoms with Crippen molar-refractivity contribution in [3.63, 3.8) is 0 Å². The van der Waals surface area contributed by atoms with Crippen LogP contribution in [-0.2, 0) is 6.54 Å². The third-order valence-electron chi connectivity index (χ3n) is 6.39. The van der Waals surface area contributed by atoms with E-state index in [1.54, 1.807) is 22.9 Å². The summed E-state index contributed by atoms with van der Waals surface area (Å²) in [6.07, 6.45) is 2.24. The van der Waals surface area contributed by atoms with Gasteiger partial charge in [0.25, 0.3) is 5.91 Å². The molecule has 0 saturated heterocycles. The van der Waals surface area contributed by atoms with E-state index in [1.165, 1.54) is 6.07 Å². The second-order valence-electron chi connectivity index (χ2n) is 9.60. The van der Waals surface area contributed by atoms with Crippen LogP contribution in [0, 0.1) is 11.7 Å². The van der Waals surface area contributed by atoms with Crippen molar-refractivity contribution in [2.75, 3.05) is 6.54 Å². The molecule has 0 N–H and O–H groups in total. The van der Waals surface area contributed by atoms with Gasteiger partial charge >= 0.3 is 0 Å². The molecule has 184 valence electrons. The summed E-state index contributed by atoms with van der Waals surface area (Å²) in [5.41, 5.74) is 3.07. The number of hydrogen-bond acceptors (Lipinski definition) is 3. The Morgan fingerprint density at radius 3 is 2.28 bits per heavy atom. The Balaban J connectivity index is 1.61. The second kappa shape index (κ2) is 10.4. The van der Waals surface area contributed by atoms with Crippen LogP contribution in [0.3, 0.4) is 0 Å². The fraction of sp³-hybridized carbons (Fsp3) is 0.267. The van der Waals surface area contributed by atoms with Gasteiger partial charge in [-0.15, -0.1) is 0 Å². The third kappa shape index (κ3) is 5.18. The Morgan fingerprint density at radius 2 is 1.64 bits per heavy atom. The first kappa shape index (κ1) is 23.8. The van der Waals surface area contributed by atoms with Crippen LogP contribution in [0.15, 0.2) is 84.9 Å². The summed E-state index contributed by atoms with van der Waals surface area (Å²) in [5, 5.41) is 4.92. The van der Waals surface area contributed by atoms with Gasteiger partial charge < -0.3 is 9.64 Å². The average Bonchev–Trinajstić information content (AvgIpc) is 3.65. The Morgan fingerprint density at radius 1 is 1.00 bits per heavy atom. The predicted octanol–water partition coefficient (Wildman–Crippen LogP) is 6.98. The minimum absolute atomic E-state index is 0.0264. The molecule has 1 saturated carbocycles. The Hall–Kier alpha value is -3.93. The molecule has 1 aromatic heterocycles. The molecule has 36 heavy (non-hydrogen) atoms. The third-order valence-corrected chi connectivity index (χ3v) is 6.39. The largest absolute Gasteiger partial charge is 0.435 e. The van der Waals surface area contributed by atoms with E-state index in [4.69, 9.17) is 9.84 Å². The lowest BCUT2D eigenvalue weighted by atomic mass is 10.0. The van der Waals surface area contributed by atoms with E-state index >= 15 is 0 Å². The minimum atomic E-state index is -0.453. The molecule has 1 aliphatic rings. The second-order valence-corrected chi connectivity index (χ2v) is 9.60. The van der Waals surface area contributed by atoms with E-state index in [0.29, 0.717) is 30.5 Å². The summed E-state index contributed by atoms with van der Waals surface area (Å²) < 4.78 is 22.7. The maximum Gasteiger partial charge on any atom is 0.254 e. The number of halogens is 1. The molecule has 5 rings (SSSR count). The number of nitrogens with zero attached hydrogens (tertiary/aromatic N) is 3. The van der Waals surface area contributed by atoms with Gasteiger partial charge in [-0.1, -0.05) is 62.4 Å². The van der Waals surface area contributed by atoms with Gasteiger partial charge in [0.05, 0.1) is 23.5 Å². The molecule has 1 amide bonds. The van der Waals surface area contributed by atoms with E-state index in [2.05, 4.69) is 13.8 Å². The number of carbonyl (C=O) groups is 1. The Labute approximate surface area is 211 Å². The van der Waals surface area contributed by atoms with Crippen LogP contribution in [-0.4, -0.2) is 27.1 Å². The molecule has 1 fully saturated rings. The normalized spacial score (nSPS) is 13.1. The number of para-hydroxylation sites is 2. The number of carbonyl (C=O) groups excluding carboxylic acids is 1. The van der Waals surface area contributed by atoms with Crippen LogP contribution in [0.2, 0.25) is 0 Å². The fourth-order valence-corrected chi connectivity index (χ4v) is 4.33. The van der Waals surface area contributed by atoms with E-state index in [1.807, 2.05) is 65.6 Å². The molecular weight excluding hydrogens is 453 g/mol. The van der Waals surface area contributed by atoms with Crippen molar-refractivity contribution in [2.24, 2.45) is 5.92 Å². The molecule has 4 aromatic rings. The molecule has 0 unspecified atom stereocenters. The van der Waals surface area contributed by atoms with Gasteiger partial charge in [-0.2, -0.15) is 5.10 Å². The topological polar surface area (TPSA) is 47.4 Å². The average molecular weight is 484 g/mol. The standard InChI is InChI=1S/C30H30FN3O2/c1-21(2)28-25(20-33(19-22-17-18-22)29(35)23-11-5-3-6-12-23)30(36-27-16-10-9-15-26(27)31)34(32-28)24-13-7-4-8-14-24/h3-16,21-22H,17-20H2,1-2H3. The molecule has 0 bridgehead atoms. The van der Waals surface area contributed by atoms with Gasteiger partial charge in [0, 0.05) is 12.1 Å². The van der Waals surface area contributed by atoms with Crippen molar-refractivity contribution in [3.8, 4) is 17.3 Å². The number of amides is 1. The van der Waals surface area contributed by atoms with Crippen LogP contribution < -0.4 is 4.74 Å². The highest BCUT2D eigenvalue weighted by molar-refractivity contribution is 5.94. The van der Waals surface area contributed by atoms with Crippen molar-refractivity contribution >= 4 is 5.91 Å². The molecule has 0 aliphatic heterocycles. The maximum absolute atomic E-state index is 14.7. The van der Waals surface area contributed by atoms with E-state index in [0.717, 1.165) is 29.8 Å². The summed E-state index contributed by atoms with van der Waals surface area (Å²) in [4.78, 5) is 15.5. The first-order chi connectivity index (χ1) is 17.5. The fourth-order valence-electron chi connectivity index (χ4n) is 4.33. The molecule has 1 aliphatic carbocycles. The smallest absolute Gasteiger partial charge is 0.254 e. The van der Waals surface area contributed by atoms with Gasteiger partial charge in [0.2, 0.25) is 5.88 Å². The van der Waals surface area contributed by atoms with Crippen LogP contribution in [0.5, 0.6) is 11.6 Å². The zero-order valence-electron chi connectivity index (χ0n) is 20.6. The summed E-state index contributed by atoms with van der Waals surface area (Å²) in [7, 11) is 0. The summed E-state index contributed by atoms with van der Waals surface area (Å²) in [6, 6.07) is 25.4. The number of ether oxygens (including phenoxy) is 1. The molecule has 5 nitrogen and oxygen atoms in total. The highest BCUT2D eigenvalue weighted by Crippen LogP contribution is 2.37. The number of benzene rings is 3. The van der Waals surface area contributed by atoms with E-state index in [-0.39, 0.29) is 17.6 Å². The van der Waals surface area contributed by atoms with Crippen LogP contribution in [0.25, 0.3) is 5.69 Å². The summed E-state index contributed by atoms with van der Waals surface area (Å²) in [5.74, 6) is 0.640. The van der Waals surface area contributed by atoms with Crippen molar-refractivity contribution in [1.82, 2.24) is 14.7 Å². The highest BCUT2D eigenvalue weighted by atomic mass is 19.1. The first-order valence-electron chi connectivity index (χ1n) is 12.4. The van der Waals surface area contributed by atoms with E-state index in [9.17, 15) is 9.18 Å². The molecule has 0 spiro atoms. The van der Waals surface area contributed by atoms with Crippen LogP contribution in [0.1, 0.15) is 54.2 Å². The molecule has 3 aromatic carbocycles. The molecule has 0 radical (unpaired) electrons. The van der Waals surface area contributed by atoms with Gasteiger partial charge in [-0.25, -0.2) is 9.07 Å². The van der Waals surface area contributed by atoms with Crippen LogP contribution in [0.4, 0.5) is 4.39 Å². The number of hydrogen-bond donors (Lipinski definition) is 0. The van der Waals surface area contributed by atoms with Gasteiger partial charge in [-0.05, 0) is 61.1 Å². The monoisotopic (exact) mass is 483 g/mol. The maximum atomic E-state index is 14.7. The minimum Gasteiger partial charge on any atom is -0.435 e. The number of rotatable bonds is 9.